The Morgan fingerprint density at radius 1 is 1.19 bits per heavy atom. The molecule has 3 aliphatic rings. The second-order valence-electron chi connectivity index (χ2n) is 9.77. The Bertz CT molecular complexity index is 549. The normalized spacial score (nSPS) is 32.1. The van der Waals surface area contributed by atoms with E-state index in [4.69, 9.17) is 14.2 Å². The Labute approximate surface area is 165 Å². The summed E-state index contributed by atoms with van der Waals surface area (Å²) in [7, 11) is 0. The highest BCUT2D eigenvalue weighted by Crippen LogP contribution is 2.45. The molecule has 0 radical (unpaired) electrons. The lowest BCUT2D eigenvalue weighted by Gasteiger charge is -2.32. The van der Waals surface area contributed by atoms with E-state index in [1.165, 1.54) is 19.3 Å². The summed E-state index contributed by atoms with van der Waals surface area (Å²) >= 11 is 0. The molecule has 0 bridgehead atoms. The van der Waals surface area contributed by atoms with Crippen LogP contribution in [0.5, 0.6) is 0 Å². The summed E-state index contributed by atoms with van der Waals surface area (Å²) in [6.45, 7) is 12.7. The summed E-state index contributed by atoms with van der Waals surface area (Å²) in [6, 6.07) is 0. The summed E-state index contributed by atoms with van der Waals surface area (Å²) in [6.07, 6.45) is 9.94. The van der Waals surface area contributed by atoms with Gasteiger partial charge < -0.3 is 14.2 Å². The van der Waals surface area contributed by atoms with Crippen LogP contribution in [-0.2, 0) is 19.0 Å². The first kappa shape index (κ1) is 20.9. The van der Waals surface area contributed by atoms with Gasteiger partial charge in [-0.2, -0.15) is 0 Å². The predicted octanol–water partition coefficient (Wildman–Crippen LogP) is 5.40. The van der Waals surface area contributed by atoms with Gasteiger partial charge in [-0.15, -0.1) is 0 Å². The molecule has 0 aromatic rings. The third kappa shape index (κ3) is 4.59. The van der Waals surface area contributed by atoms with E-state index in [9.17, 15) is 4.79 Å². The molecule has 4 unspecified atom stereocenters. The number of esters is 1. The SMILES string of the molecule is C=C(C)C(C)(CC(C)C)C(=O)OCC1CCC2OC3(CCCCC3)OC2C1. The molecule has 3 fully saturated rings. The fourth-order valence-corrected chi connectivity index (χ4v) is 5.10. The van der Waals surface area contributed by atoms with E-state index >= 15 is 0 Å². The van der Waals surface area contributed by atoms with E-state index in [1.807, 2.05) is 13.8 Å². The van der Waals surface area contributed by atoms with Crippen LogP contribution in [0.15, 0.2) is 12.2 Å². The Morgan fingerprint density at radius 3 is 2.48 bits per heavy atom. The number of carbonyl (C=O) groups is 1. The van der Waals surface area contributed by atoms with E-state index in [2.05, 4.69) is 20.4 Å². The second kappa shape index (κ2) is 8.24. The van der Waals surface area contributed by atoms with Crippen molar-refractivity contribution in [1.82, 2.24) is 0 Å². The number of hydrogen-bond acceptors (Lipinski definition) is 4. The highest BCUT2D eigenvalue weighted by molar-refractivity contribution is 5.79. The van der Waals surface area contributed by atoms with Gasteiger partial charge in [-0.25, -0.2) is 0 Å². The Morgan fingerprint density at radius 2 is 1.85 bits per heavy atom. The lowest BCUT2D eigenvalue weighted by Crippen LogP contribution is -2.36. The number of fused-ring (bicyclic) bond motifs is 1. The van der Waals surface area contributed by atoms with Crippen molar-refractivity contribution in [3.05, 3.63) is 12.2 Å². The number of carbonyl (C=O) groups excluding carboxylic acids is 1. The van der Waals surface area contributed by atoms with Gasteiger partial charge in [-0.05, 0) is 64.2 Å². The van der Waals surface area contributed by atoms with Crippen molar-refractivity contribution in [3.63, 3.8) is 0 Å². The fourth-order valence-electron chi connectivity index (χ4n) is 5.10. The molecule has 4 nitrogen and oxygen atoms in total. The van der Waals surface area contributed by atoms with Gasteiger partial charge in [0.05, 0.1) is 24.2 Å². The first-order chi connectivity index (χ1) is 12.7. The minimum absolute atomic E-state index is 0.127. The van der Waals surface area contributed by atoms with Crippen LogP contribution in [0.4, 0.5) is 0 Å². The number of ether oxygens (including phenoxy) is 3. The molecule has 0 amide bonds. The van der Waals surface area contributed by atoms with Gasteiger partial charge in [0.15, 0.2) is 5.79 Å². The molecule has 1 aliphatic heterocycles. The van der Waals surface area contributed by atoms with Gasteiger partial charge in [0.2, 0.25) is 0 Å². The van der Waals surface area contributed by atoms with Crippen LogP contribution < -0.4 is 0 Å². The molecule has 2 saturated carbocycles. The van der Waals surface area contributed by atoms with Crippen molar-refractivity contribution in [2.75, 3.05) is 6.61 Å². The highest BCUT2D eigenvalue weighted by atomic mass is 16.8. The molecule has 0 aromatic carbocycles. The Kier molecular flexibility index (Phi) is 6.37. The summed E-state index contributed by atoms with van der Waals surface area (Å²) in [5.74, 6) is 0.351. The second-order valence-corrected chi connectivity index (χ2v) is 9.77. The van der Waals surface area contributed by atoms with Crippen LogP contribution >= 0.6 is 0 Å². The third-order valence-corrected chi connectivity index (χ3v) is 6.85. The standard InChI is InChI=1S/C23H38O4/c1-16(2)14-22(5,17(3)4)21(24)25-15-18-9-10-19-20(13-18)27-23(26-19)11-7-6-8-12-23/h16,18-20H,3,6-15H2,1-2,4-5H3. The zero-order chi connectivity index (χ0) is 19.7. The zero-order valence-electron chi connectivity index (χ0n) is 17.7. The van der Waals surface area contributed by atoms with Crippen molar-refractivity contribution in [2.45, 2.75) is 103 Å². The van der Waals surface area contributed by atoms with Crippen molar-refractivity contribution in [2.24, 2.45) is 17.3 Å². The van der Waals surface area contributed by atoms with Crippen LogP contribution in [-0.4, -0.2) is 30.6 Å². The van der Waals surface area contributed by atoms with Crippen LogP contribution in [0.2, 0.25) is 0 Å². The number of hydrogen-bond donors (Lipinski definition) is 0. The minimum atomic E-state index is -0.593. The van der Waals surface area contributed by atoms with Gasteiger partial charge in [-0.3, -0.25) is 4.79 Å². The Hall–Kier alpha value is -0.870. The molecule has 1 heterocycles. The maximum atomic E-state index is 12.8. The molecule has 154 valence electrons. The van der Waals surface area contributed by atoms with Gasteiger partial charge in [0.1, 0.15) is 0 Å². The van der Waals surface area contributed by atoms with Crippen molar-refractivity contribution < 1.29 is 19.0 Å². The third-order valence-electron chi connectivity index (χ3n) is 6.85. The smallest absolute Gasteiger partial charge is 0.315 e. The lowest BCUT2D eigenvalue weighted by atomic mass is 9.77. The largest absolute Gasteiger partial charge is 0.465 e. The fraction of sp³-hybridized carbons (Fsp3) is 0.870. The summed E-state index contributed by atoms with van der Waals surface area (Å²) in [4.78, 5) is 12.8. The first-order valence-corrected chi connectivity index (χ1v) is 10.9. The van der Waals surface area contributed by atoms with E-state index in [0.717, 1.165) is 44.1 Å². The highest BCUT2D eigenvalue weighted by Gasteiger charge is 2.50. The molecule has 4 heteroatoms. The van der Waals surface area contributed by atoms with E-state index < -0.39 is 5.41 Å². The molecule has 3 rings (SSSR count). The summed E-state index contributed by atoms with van der Waals surface area (Å²) < 4.78 is 18.6. The van der Waals surface area contributed by atoms with E-state index in [-0.39, 0.29) is 24.0 Å². The molecule has 1 saturated heterocycles. The van der Waals surface area contributed by atoms with E-state index in [1.54, 1.807) is 0 Å². The van der Waals surface area contributed by atoms with Gasteiger partial charge in [0, 0.05) is 12.8 Å². The Balaban J connectivity index is 1.52. The summed E-state index contributed by atoms with van der Waals surface area (Å²) in [5, 5.41) is 0. The average Bonchev–Trinajstić information content (AvgIpc) is 2.95. The lowest BCUT2D eigenvalue weighted by molar-refractivity contribution is -0.193. The minimum Gasteiger partial charge on any atom is -0.465 e. The molecule has 1 spiro atoms. The van der Waals surface area contributed by atoms with Gasteiger partial charge >= 0.3 is 5.97 Å². The van der Waals surface area contributed by atoms with Crippen molar-refractivity contribution in [1.29, 1.82) is 0 Å². The molecular formula is C23H38O4. The molecule has 0 aromatic heterocycles. The molecular weight excluding hydrogens is 340 g/mol. The van der Waals surface area contributed by atoms with Crippen LogP contribution in [0.25, 0.3) is 0 Å². The average molecular weight is 379 g/mol. The van der Waals surface area contributed by atoms with Crippen LogP contribution in [0.1, 0.15) is 85.5 Å². The maximum Gasteiger partial charge on any atom is 0.315 e. The van der Waals surface area contributed by atoms with Crippen LogP contribution in [0, 0.1) is 17.3 Å². The molecule has 4 atom stereocenters. The quantitative estimate of drug-likeness (QED) is 0.458. The van der Waals surface area contributed by atoms with Crippen molar-refractivity contribution in [3.8, 4) is 0 Å². The first-order valence-electron chi connectivity index (χ1n) is 10.9. The molecule has 0 N–H and O–H groups in total. The monoisotopic (exact) mass is 378 g/mol. The van der Waals surface area contributed by atoms with Gasteiger partial charge in [-0.1, -0.05) is 32.4 Å². The maximum absolute atomic E-state index is 12.8. The number of rotatable bonds is 6. The van der Waals surface area contributed by atoms with Crippen molar-refractivity contribution >= 4 is 5.97 Å². The molecule has 27 heavy (non-hydrogen) atoms. The van der Waals surface area contributed by atoms with Crippen LogP contribution in [0.3, 0.4) is 0 Å². The predicted molar refractivity (Wildman–Crippen MR) is 106 cm³/mol. The van der Waals surface area contributed by atoms with E-state index in [0.29, 0.717) is 18.4 Å². The molecule has 2 aliphatic carbocycles. The van der Waals surface area contributed by atoms with Gasteiger partial charge in [0.25, 0.3) is 0 Å². The zero-order valence-corrected chi connectivity index (χ0v) is 17.7. The topological polar surface area (TPSA) is 44.8 Å². The summed E-state index contributed by atoms with van der Waals surface area (Å²) in [5.41, 5.74) is 0.293.